The van der Waals surface area contributed by atoms with Crippen LogP contribution in [0.5, 0.6) is 0 Å². The molecule has 2 aliphatic heterocycles. The van der Waals surface area contributed by atoms with Crippen LogP contribution < -0.4 is 10.2 Å². The number of nitrogens with zero attached hydrogens (tertiary/aromatic N) is 7. The van der Waals surface area contributed by atoms with E-state index in [1.54, 1.807) is 10.7 Å². The number of benzene rings is 1. The Balaban J connectivity index is 1.33. The van der Waals surface area contributed by atoms with E-state index in [2.05, 4.69) is 31.4 Å². The molecule has 35 heavy (non-hydrogen) atoms. The summed E-state index contributed by atoms with van der Waals surface area (Å²) < 4.78 is 1.77. The van der Waals surface area contributed by atoms with Crippen LogP contribution in [0.15, 0.2) is 36.5 Å². The summed E-state index contributed by atoms with van der Waals surface area (Å²) in [4.78, 5) is 27.1. The average Bonchev–Trinajstić information content (AvgIpc) is 3.22. The van der Waals surface area contributed by atoms with E-state index in [1.165, 1.54) is 0 Å². The molecule has 3 aromatic rings. The number of rotatable bonds is 4. The first kappa shape index (κ1) is 23.0. The molecule has 2 saturated heterocycles. The number of piperidine rings is 1. The largest absolute Gasteiger partial charge is 0.341 e. The highest BCUT2D eigenvalue weighted by atomic mass is 16.2. The fraction of sp³-hybridized carbons (Fsp3) is 0.423. The highest BCUT2D eigenvalue weighted by molar-refractivity contribution is 5.87. The number of piperazine rings is 1. The van der Waals surface area contributed by atoms with E-state index in [0.29, 0.717) is 31.5 Å². The predicted molar refractivity (Wildman–Crippen MR) is 132 cm³/mol. The van der Waals surface area contributed by atoms with Crippen molar-refractivity contribution in [3.8, 4) is 17.2 Å². The smallest absolute Gasteiger partial charge is 0.243 e. The molecule has 5 rings (SSSR count). The lowest BCUT2D eigenvalue weighted by Gasteiger charge is -2.47. The van der Waals surface area contributed by atoms with Crippen LogP contribution in [0, 0.1) is 25.2 Å². The van der Waals surface area contributed by atoms with Crippen molar-refractivity contribution in [2.24, 2.45) is 7.05 Å². The van der Waals surface area contributed by atoms with Gasteiger partial charge < -0.3 is 15.1 Å². The minimum Gasteiger partial charge on any atom is -0.341 e. The number of hydrogen-bond donors (Lipinski definition) is 1. The molecule has 1 aromatic carbocycles. The van der Waals surface area contributed by atoms with Crippen LogP contribution in [0.1, 0.15) is 35.5 Å². The number of anilines is 1. The molecule has 1 amide bonds. The van der Waals surface area contributed by atoms with E-state index in [4.69, 9.17) is 0 Å². The molecule has 0 unspecified atom stereocenters. The molecule has 1 N–H and O–H groups in total. The molecule has 0 bridgehead atoms. The Bertz CT molecular complexity index is 1280. The summed E-state index contributed by atoms with van der Waals surface area (Å²) in [6, 6.07) is 11.7. The minimum atomic E-state index is -0.566. The van der Waals surface area contributed by atoms with Gasteiger partial charge in [-0.25, -0.2) is 9.97 Å². The number of nitrogens with one attached hydrogen (secondary N) is 1. The lowest BCUT2D eigenvalue weighted by atomic mass is 9.84. The first-order valence-corrected chi connectivity index (χ1v) is 12.0. The standard InChI is InChI=1S/C26H30N8O/c1-18-13-19(2)30-25(29-18)33-10-7-26(8-11-33)24(35)34(12-9-28-26)17-23-22(16-32(3)31-23)21-6-4-5-20(14-21)15-27/h4-6,13-14,16,28H,7-12,17H2,1-3H3. The van der Waals surface area contributed by atoms with Crippen LogP contribution in [0.2, 0.25) is 0 Å². The van der Waals surface area contributed by atoms with E-state index in [0.717, 1.165) is 53.8 Å². The van der Waals surface area contributed by atoms with Gasteiger partial charge in [0, 0.05) is 56.4 Å². The number of aryl methyl sites for hydroxylation is 3. The summed E-state index contributed by atoms with van der Waals surface area (Å²) in [7, 11) is 1.88. The van der Waals surface area contributed by atoms with E-state index in [1.807, 2.05) is 56.3 Å². The molecule has 2 aliphatic rings. The van der Waals surface area contributed by atoms with Crippen LogP contribution in [-0.4, -0.2) is 62.3 Å². The first-order chi connectivity index (χ1) is 16.9. The van der Waals surface area contributed by atoms with Gasteiger partial charge in [-0.3, -0.25) is 9.48 Å². The van der Waals surface area contributed by atoms with Crippen molar-refractivity contribution in [1.82, 2.24) is 30.0 Å². The van der Waals surface area contributed by atoms with Gasteiger partial charge in [0.15, 0.2) is 0 Å². The van der Waals surface area contributed by atoms with Gasteiger partial charge in [0.1, 0.15) is 5.54 Å². The molecule has 9 heteroatoms. The molecule has 0 saturated carbocycles. The van der Waals surface area contributed by atoms with Gasteiger partial charge >= 0.3 is 0 Å². The lowest BCUT2D eigenvalue weighted by Crippen LogP contribution is -2.67. The van der Waals surface area contributed by atoms with Gasteiger partial charge in [-0.05, 0) is 50.5 Å². The third-order valence-electron chi connectivity index (χ3n) is 6.96. The molecule has 4 heterocycles. The Morgan fingerprint density at radius 3 is 2.57 bits per heavy atom. The molecule has 180 valence electrons. The Morgan fingerprint density at radius 1 is 1.11 bits per heavy atom. The zero-order valence-corrected chi connectivity index (χ0v) is 20.5. The average molecular weight is 471 g/mol. The third-order valence-corrected chi connectivity index (χ3v) is 6.96. The Morgan fingerprint density at radius 2 is 1.86 bits per heavy atom. The number of aromatic nitrogens is 4. The maximum absolute atomic E-state index is 13.7. The monoisotopic (exact) mass is 470 g/mol. The number of amides is 1. The minimum absolute atomic E-state index is 0.132. The maximum atomic E-state index is 13.7. The molecular weight excluding hydrogens is 440 g/mol. The quantitative estimate of drug-likeness (QED) is 0.624. The first-order valence-electron chi connectivity index (χ1n) is 12.0. The molecule has 2 fully saturated rings. The zero-order chi connectivity index (χ0) is 24.6. The van der Waals surface area contributed by atoms with E-state index >= 15 is 0 Å². The molecule has 9 nitrogen and oxygen atoms in total. The summed E-state index contributed by atoms with van der Waals surface area (Å²) in [6.07, 6.45) is 3.37. The third kappa shape index (κ3) is 4.49. The molecule has 2 aromatic heterocycles. The van der Waals surface area contributed by atoms with Gasteiger partial charge in [0.05, 0.1) is 23.9 Å². The Hall–Kier alpha value is -3.77. The second-order valence-electron chi connectivity index (χ2n) is 9.53. The van der Waals surface area contributed by atoms with Gasteiger partial charge in [-0.15, -0.1) is 0 Å². The molecule has 0 atom stereocenters. The number of hydrogen-bond acceptors (Lipinski definition) is 7. The van der Waals surface area contributed by atoms with Crippen LogP contribution in [0.4, 0.5) is 5.95 Å². The lowest BCUT2D eigenvalue weighted by molar-refractivity contribution is -0.143. The summed E-state index contributed by atoms with van der Waals surface area (Å²) in [5.74, 6) is 0.877. The van der Waals surface area contributed by atoms with E-state index < -0.39 is 5.54 Å². The summed E-state index contributed by atoms with van der Waals surface area (Å²) >= 11 is 0. The summed E-state index contributed by atoms with van der Waals surface area (Å²) in [5.41, 5.74) is 4.68. The number of carbonyl (C=O) groups is 1. The normalized spacial score (nSPS) is 17.6. The molecular formula is C26H30N8O. The second-order valence-corrected chi connectivity index (χ2v) is 9.53. The van der Waals surface area contributed by atoms with Gasteiger partial charge in [0.2, 0.25) is 11.9 Å². The topological polar surface area (TPSA) is 103 Å². The zero-order valence-electron chi connectivity index (χ0n) is 20.5. The van der Waals surface area contributed by atoms with Gasteiger partial charge in [-0.2, -0.15) is 10.4 Å². The maximum Gasteiger partial charge on any atom is 0.243 e. The predicted octanol–water partition coefficient (Wildman–Crippen LogP) is 2.34. The fourth-order valence-electron chi connectivity index (χ4n) is 5.22. The van der Waals surface area contributed by atoms with Crippen molar-refractivity contribution in [1.29, 1.82) is 5.26 Å². The van der Waals surface area contributed by atoms with Crippen molar-refractivity contribution in [2.45, 2.75) is 38.8 Å². The highest BCUT2D eigenvalue weighted by Gasteiger charge is 2.46. The van der Waals surface area contributed by atoms with Gasteiger partial charge in [-0.1, -0.05) is 12.1 Å². The van der Waals surface area contributed by atoms with Crippen molar-refractivity contribution >= 4 is 11.9 Å². The van der Waals surface area contributed by atoms with Crippen molar-refractivity contribution in [3.05, 3.63) is 59.2 Å². The second kappa shape index (κ2) is 9.12. The number of carbonyl (C=O) groups excluding carboxylic acids is 1. The van der Waals surface area contributed by atoms with Crippen LogP contribution >= 0.6 is 0 Å². The van der Waals surface area contributed by atoms with E-state index in [9.17, 15) is 10.1 Å². The van der Waals surface area contributed by atoms with Crippen LogP contribution in [0.3, 0.4) is 0 Å². The van der Waals surface area contributed by atoms with Crippen molar-refractivity contribution in [2.75, 3.05) is 31.1 Å². The number of nitriles is 1. The van der Waals surface area contributed by atoms with Crippen LogP contribution in [0.25, 0.3) is 11.1 Å². The fourth-order valence-corrected chi connectivity index (χ4v) is 5.22. The molecule has 0 aliphatic carbocycles. The van der Waals surface area contributed by atoms with Crippen molar-refractivity contribution in [3.63, 3.8) is 0 Å². The Kier molecular flexibility index (Phi) is 5.99. The highest BCUT2D eigenvalue weighted by Crippen LogP contribution is 2.31. The van der Waals surface area contributed by atoms with Crippen LogP contribution in [-0.2, 0) is 18.4 Å². The SMILES string of the molecule is Cc1cc(C)nc(N2CCC3(CC2)NCCN(Cc2nn(C)cc2-c2cccc(C#N)c2)C3=O)n1. The molecule has 0 radical (unpaired) electrons. The molecule has 1 spiro atoms. The Labute approximate surface area is 205 Å². The van der Waals surface area contributed by atoms with E-state index in [-0.39, 0.29) is 5.91 Å². The summed E-state index contributed by atoms with van der Waals surface area (Å²) in [5, 5.41) is 17.5. The van der Waals surface area contributed by atoms with Gasteiger partial charge in [0.25, 0.3) is 0 Å². The van der Waals surface area contributed by atoms with Crippen molar-refractivity contribution < 1.29 is 4.79 Å². The summed E-state index contributed by atoms with van der Waals surface area (Å²) in [6.45, 7) is 7.25.